The molecule has 0 heterocycles. The van der Waals surface area contributed by atoms with Crippen molar-refractivity contribution in [3.63, 3.8) is 0 Å². The van der Waals surface area contributed by atoms with Gasteiger partial charge in [-0.1, -0.05) is 17.7 Å². The lowest BCUT2D eigenvalue weighted by atomic mass is 10.2. The van der Waals surface area contributed by atoms with Gasteiger partial charge in [-0.3, -0.25) is 4.79 Å². The highest BCUT2D eigenvalue weighted by atomic mass is 35.5. The van der Waals surface area contributed by atoms with Crippen molar-refractivity contribution in [2.45, 2.75) is 0 Å². The Morgan fingerprint density at radius 1 is 1.67 bits per heavy atom. The molecule has 0 spiro atoms. The van der Waals surface area contributed by atoms with Gasteiger partial charge in [-0.2, -0.15) is 0 Å². The highest BCUT2D eigenvalue weighted by Gasteiger charge is 2.15. The molecule has 0 N–H and O–H groups in total. The lowest BCUT2D eigenvalue weighted by molar-refractivity contribution is 0.0805. The molecule has 0 aromatic heterocycles. The predicted octanol–water partition coefficient (Wildman–Crippen LogP) is 2.74. The van der Waals surface area contributed by atoms with Gasteiger partial charge in [0.2, 0.25) is 0 Å². The number of nitrogens with zero attached hydrogens (tertiary/aromatic N) is 1. The Morgan fingerprint density at radius 3 is 2.93 bits per heavy atom. The maximum absolute atomic E-state index is 13.3. The first kappa shape index (κ1) is 11.7. The van der Waals surface area contributed by atoms with E-state index in [4.69, 9.17) is 11.6 Å². The second-order valence-corrected chi connectivity index (χ2v) is 3.53. The third-order valence-electron chi connectivity index (χ3n) is 1.91. The highest BCUT2D eigenvalue weighted by molar-refractivity contribution is 6.30. The number of hydrogen-bond donors (Lipinski definition) is 0. The van der Waals surface area contributed by atoms with E-state index >= 15 is 0 Å². The number of benzene rings is 1. The van der Waals surface area contributed by atoms with Crippen LogP contribution < -0.4 is 0 Å². The Bertz CT molecular complexity index is 392. The quantitative estimate of drug-likeness (QED) is 0.728. The standard InChI is InChI=1S/C11H11ClFNO/c1-3-6-14(2)11(15)9-7-8(12)4-5-10(9)13/h3-5,7H,1,6H2,2H3. The molecule has 0 aliphatic heterocycles. The molecule has 1 rings (SSSR count). The van der Waals surface area contributed by atoms with Gasteiger partial charge in [0.1, 0.15) is 5.82 Å². The third-order valence-corrected chi connectivity index (χ3v) is 2.14. The van der Waals surface area contributed by atoms with E-state index in [0.717, 1.165) is 0 Å². The lowest BCUT2D eigenvalue weighted by Crippen LogP contribution is -2.27. The Balaban J connectivity index is 2.99. The fourth-order valence-electron chi connectivity index (χ4n) is 1.14. The summed E-state index contributed by atoms with van der Waals surface area (Å²) in [5.74, 6) is -0.977. The average Bonchev–Trinajstić information content (AvgIpc) is 2.21. The molecule has 1 aromatic carbocycles. The Labute approximate surface area is 93.0 Å². The van der Waals surface area contributed by atoms with Crippen molar-refractivity contribution in [3.8, 4) is 0 Å². The van der Waals surface area contributed by atoms with Crippen LogP contribution in [0.5, 0.6) is 0 Å². The Kier molecular flexibility index (Phi) is 3.86. The third kappa shape index (κ3) is 2.80. The lowest BCUT2D eigenvalue weighted by Gasteiger charge is -2.15. The topological polar surface area (TPSA) is 20.3 Å². The zero-order valence-electron chi connectivity index (χ0n) is 8.34. The van der Waals surface area contributed by atoms with Crippen LogP contribution in [0, 0.1) is 5.82 Å². The Morgan fingerprint density at radius 2 is 2.33 bits per heavy atom. The number of carbonyl (C=O) groups excluding carboxylic acids is 1. The first-order valence-corrected chi connectivity index (χ1v) is 4.75. The summed E-state index contributed by atoms with van der Waals surface area (Å²) in [6, 6.07) is 3.90. The molecule has 0 radical (unpaired) electrons. The zero-order valence-corrected chi connectivity index (χ0v) is 9.09. The van der Waals surface area contributed by atoms with Crippen LogP contribution in [0.3, 0.4) is 0 Å². The van der Waals surface area contributed by atoms with Gasteiger partial charge < -0.3 is 4.90 Å². The molecule has 0 unspecified atom stereocenters. The van der Waals surface area contributed by atoms with Crippen LogP contribution >= 0.6 is 11.6 Å². The van der Waals surface area contributed by atoms with E-state index < -0.39 is 11.7 Å². The maximum atomic E-state index is 13.3. The van der Waals surface area contributed by atoms with Crippen molar-refractivity contribution in [1.82, 2.24) is 4.90 Å². The summed E-state index contributed by atoms with van der Waals surface area (Å²) < 4.78 is 13.3. The summed E-state index contributed by atoms with van der Waals surface area (Å²) in [6.07, 6.45) is 1.57. The number of halogens is 2. The molecule has 0 saturated heterocycles. The van der Waals surface area contributed by atoms with Crippen LogP contribution in [-0.4, -0.2) is 24.4 Å². The minimum Gasteiger partial charge on any atom is -0.338 e. The molecule has 2 nitrogen and oxygen atoms in total. The van der Waals surface area contributed by atoms with E-state index in [1.807, 2.05) is 0 Å². The zero-order chi connectivity index (χ0) is 11.4. The van der Waals surface area contributed by atoms with E-state index in [0.29, 0.717) is 11.6 Å². The molecule has 0 atom stereocenters. The van der Waals surface area contributed by atoms with E-state index in [1.165, 1.54) is 23.1 Å². The van der Waals surface area contributed by atoms with Crippen molar-refractivity contribution in [3.05, 3.63) is 47.3 Å². The van der Waals surface area contributed by atoms with E-state index in [1.54, 1.807) is 13.1 Å². The number of amides is 1. The summed E-state index contributed by atoms with van der Waals surface area (Å²) in [6.45, 7) is 3.87. The summed E-state index contributed by atoms with van der Waals surface area (Å²) in [4.78, 5) is 13.0. The first-order chi connectivity index (χ1) is 7.06. The molecule has 0 aliphatic rings. The molecule has 0 bridgehead atoms. The molecule has 0 fully saturated rings. The second kappa shape index (κ2) is 4.94. The summed E-state index contributed by atoms with van der Waals surface area (Å²) >= 11 is 5.69. The van der Waals surface area contributed by atoms with E-state index in [9.17, 15) is 9.18 Å². The van der Waals surface area contributed by atoms with Crippen molar-refractivity contribution < 1.29 is 9.18 Å². The number of rotatable bonds is 3. The van der Waals surface area contributed by atoms with Crippen LogP contribution in [0.2, 0.25) is 5.02 Å². The number of likely N-dealkylation sites (N-methyl/N-ethyl adjacent to an activating group) is 1. The van der Waals surface area contributed by atoms with Gasteiger partial charge >= 0.3 is 0 Å². The monoisotopic (exact) mass is 227 g/mol. The minimum atomic E-state index is -0.569. The van der Waals surface area contributed by atoms with Crippen LogP contribution in [0.1, 0.15) is 10.4 Å². The van der Waals surface area contributed by atoms with Crippen LogP contribution in [0.25, 0.3) is 0 Å². The van der Waals surface area contributed by atoms with Gasteiger partial charge in [0.25, 0.3) is 5.91 Å². The van der Waals surface area contributed by atoms with E-state index in [-0.39, 0.29) is 5.56 Å². The summed E-state index contributed by atoms with van der Waals surface area (Å²) in [7, 11) is 1.57. The van der Waals surface area contributed by atoms with Crippen LogP contribution in [0.4, 0.5) is 4.39 Å². The summed E-state index contributed by atoms with van der Waals surface area (Å²) in [5, 5.41) is 0.340. The first-order valence-electron chi connectivity index (χ1n) is 4.37. The smallest absolute Gasteiger partial charge is 0.256 e. The molecule has 0 saturated carbocycles. The highest BCUT2D eigenvalue weighted by Crippen LogP contribution is 2.16. The van der Waals surface area contributed by atoms with Crippen LogP contribution in [-0.2, 0) is 0 Å². The van der Waals surface area contributed by atoms with Crippen molar-refractivity contribution >= 4 is 17.5 Å². The summed E-state index contributed by atoms with van der Waals surface area (Å²) in [5.41, 5.74) is -0.0214. The normalized spacial score (nSPS) is 9.80. The number of carbonyl (C=O) groups is 1. The molecule has 4 heteroatoms. The van der Waals surface area contributed by atoms with Crippen molar-refractivity contribution in [1.29, 1.82) is 0 Å². The van der Waals surface area contributed by atoms with E-state index in [2.05, 4.69) is 6.58 Å². The SMILES string of the molecule is C=CCN(C)C(=O)c1cc(Cl)ccc1F. The molecule has 15 heavy (non-hydrogen) atoms. The fraction of sp³-hybridized carbons (Fsp3) is 0.182. The van der Waals surface area contributed by atoms with Gasteiger partial charge in [0, 0.05) is 18.6 Å². The van der Waals surface area contributed by atoms with Crippen molar-refractivity contribution in [2.24, 2.45) is 0 Å². The molecular weight excluding hydrogens is 217 g/mol. The van der Waals surface area contributed by atoms with Crippen molar-refractivity contribution in [2.75, 3.05) is 13.6 Å². The maximum Gasteiger partial charge on any atom is 0.256 e. The molecule has 0 aliphatic carbocycles. The largest absolute Gasteiger partial charge is 0.338 e. The van der Waals surface area contributed by atoms with Crippen LogP contribution in [0.15, 0.2) is 30.9 Å². The average molecular weight is 228 g/mol. The Hall–Kier alpha value is -1.35. The number of hydrogen-bond acceptors (Lipinski definition) is 1. The molecule has 1 amide bonds. The molecular formula is C11H11ClFNO. The van der Waals surface area contributed by atoms with Gasteiger partial charge in [-0.05, 0) is 18.2 Å². The fourth-order valence-corrected chi connectivity index (χ4v) is 1.32. The van der Waals surface area contributed by atoms with Gasteiger partial charge in [0.05, 0.1) is 5.56 Å². The van der Waals surface area contributed by atoms with Gasteiger partial charge in [-0.15, -0.1) is 6.58 Å². The molecule has 80 valence electrons. The van der Waals surface area contributed by atoms with Gasteiger partial charge in [-0.25, -0.2) is 4.39 Å². The predicted molar refractivity (Wildman–Crippen MR) is 58.6 cm³/mol. The minimum absolute atomic E-state index is 0.0214. The molecule has 1 aromatic rings. The second-order valence-electron chi connectivity index (χ2n) is 3.10. The van der Waals surface area contributed by atoms with Gasteiger partial charge in [0.15, 0.2) is 0 Å².